The molecular weight excluding hydrogens is 276 g/mol. The second-order valence-electron chi connectivity index (χ2n) is 7.92. The Morgan fingerprint density at radius 2 is 1.90 bits per heavy atom. The van der Waals surface area contributed by atoms with Crippen LogP contribution in [0.15, 0.2) is 0 Å². The maximum Gasteiger partial charge on any atom is 0.0985 e. The summed E-state index contributed by atoms with van der Waals surface area (Å²) >= 11 is 1.90. The standard InChI is InChI=1S/C18H32N2S/c1-12-8-7-9-15(11-10-12)19-13(2)16-14(3)20-17(21-16)18(4,5)6/h12-13,15,19H,7-11H2,1-6H3. The van der Waals surface area contributed by atoms with Gasteiger partial charge >= 0.3 is 0 Å². The molecular formula is C18H32N2S. The summed E-state index contributed by atoms with van der Waals surface area (Å²) in [5, 5.41) is 5.13. The molecule has 1 N–H and O–H groups in total. The molecule has 0 saturated heterocycles. The van der Waals surface area contributed by atoms with E-state index in [0.717, 1.165) is 5.92 Å². The molecule has 1 aromatic heterocycles. The minimum atomic E-state index is 0.158. The van der Waals surface area contributed by atoms with E-state index in [9.17, 15) is 0 Å². The van der Waals surface area contributed by atoms with E-state index in [1.54, 1.807) is 0 Å². The third-order valence-corrected chi connectivity index (χ3v) is 6.38. The van der Waals surface area contributed by atoms with Gasteiger partial charge in [-0.15, -0.1) is 11.3 Å². The van der Waals surface area contributed by atoms with E-state index in [2.05, 4.69) is 46.9 Å². The fourth-order valence-corrected chi connectivity index (χ4v) is 4.35. The van der Waals surface area contributed by atoms with Gasteiger partial charge in [0.05, 0.1) is 10.7 Å². The minimum Gasteiger partial charge on any atom is -0.307 e. The molecule has 0 aromatic carbocycles. The van der Waals surface area contributed by atoms with Crippen molar-refractivity contribution in [2.75, 3.05) is 0 Å². The smallest absolute Gasteiger partial charge is 0.0985 e. The number of thiazole rings is 1. The van der Waals surface area contributed by atoms with Gasteiger partial charge in [0.15, 0.2) is 0 Å². The normalized spacial score (nSPS) is 25.6. The van der Waals surface area contributed by atoms with Crippen LogP contribution < -0.4 is 5.32 Å². The molecule has 0 bridgehead atoms. The third-order valence-electron chi connectivity index (χ3n) is 4.61. The van der Waals surface area contributed by atoms with Crippen molar-refractivity contribution in [2.45, 2.75) is 91.1 Å². The molecule has 1 heterocycles. The topological polar surface area (TPSA) is 24.9 Å². The van der Waals surface area contributed by atoms with E-state index in [1.165, 1.54) is 47.7 Å². The molecule has 1 aliphatic carbocycles. The molecule has 2 nitrogen and oxygen atoms in total. The van der Waals surface area contributed by atoms with Gasteiger partial charge in [-0.2, -0.15) is 0 Å². The largest absolute Gasteiger partial charge is 0.307 e. The van der Waals surface area contributed by atoms with Crippen LogP contribution in [-0.2, 0) is 5.41 Å². The number of aryl methyl sites for hydroxylation is 1. The van der Waals surface area contributed by atoms with Crippen LogP contribution in [0.3, 0.4) is 0 Å². The molecule has 1 aromatic rings. The molecule has 2 rings (SSSR count). The Balaban J connectivity index is 2.03. The van der Waals surface area contributed by atoms with Gasteiger partial charge in [0, 0.05) is 22.4 Å². The number of nitrogens with one attached hydrogen (secondary N) is 1. The molecule has 0 amide bonds. The highest BCUT2D eigenvalue weighted by molar-refractivity contribution is 7.12. The van der Waals surface area contributed by atoms with E-state index in [0.29, 0.717) is 12.1 Å². The lowest BCUT2D eigenvalue weighted by molar-refractivity contribution is 0.410. The molecule has 1 aliphatic rings. The van der Waals surface area contributed by atoms with E-state index in [1.807, 2.05) is 11.3 Å². The first-order valence-corrected chi connectivity index (χ1v) is 9.33. The Morgan fingerprint density at radius 1 is 1.19 bits per heavy atom. The third kappa shape index (κ3) is 4.53. The lowest BCUT2D eigenvalue weighted by Gasteiger charge is -2.22. The number of nitrogens with zero attached hydrogens (tertiary/aromatic N) is 1. The summed E-state index contributed by atoms with van der Waals surface area (Å²) in [5.41, 5.74) is 1.37. The van der Waals surface area contributed by atoms with Crippen molar-refractivity contribution in [1.29, 1.82) is 0 Å². The van der Waals surface area contributed by atoms with Gasteiger partial charge in [-0.25, -0.2) is 4.98 Å². The average molecular weight is 309 g/mol. The van der Waals surface area contributed by atoms with E-state index >= 15 is 0 Å². The molecule has 3 heteroatoms. The second-order valence-corrected chi connectivity index (χ2v) is 8.95. The Hall–Kier alpha value is -0.410. The highest BCUT2D eigenvalue weighted by Gasteiger charge is 2.24. The molecule has 21 heavy (non-hydrogen) atoms. The summed E-state index contributed by atoms with van der Waals surface area (Å²) in [6.07, 6.45) is 6.81. The molecule has 1 fully saturated rings. The van der Waals surface area contributed by atoms with Gasteiger partial charge in [0.25, 0.3) is 0 Å². The molecule has 0 radical (unpaired) electrons. The van der Waals surface area contributed by atoms with Crippen LogP contribution >= 0.6 is 11.3 Å². The van der Waals surface area contributed by atoms with Crippen LogP contribution in [0.25, 0.3) is 0 Å². The van der Waals surface area contributed by atoms with Gasteiger partial charge in [-0.05, 0) is 39.0 Å². The quantitative estimate of drug-likeness (QED) is 0.759. The van der Waals surface area contributed by atoms with Crippen molar-refractivity contribution in [2.24, 2.45) is 5.92 Å². The molecule has 3 atom stereocenters. The first-order chi connectivity index (χ1) is 9.77. The Bertz CT molecular complexity index is 458. The van der Waals surface area contributed by atoms with Crippen molar-refractivity contribution < 1.29 is 0 Å². The number of hydrogen-bond donors (Lipinski definition) is 1. The Kier molecular flexibility index (Phi) is 5.48. The van der Waals surface area contributed by atoms with Crippen molar-refractivity contribution >= 4 is 11.3 Å². The Labute approximate surface area is 134 Å². The maximum atomic E-state index is 4.81. The first-order valence-electron chi connectivity index (χ1n) is 8.51. The number of rotatable bonds is 3. The zero-order valence-electron chi connectivity index (χ0n) is 14.6. The second kappa shape index (κ2) is 6.78. The van der Waals surface area contributed by atoms with Gasteiger partial charge in [-0.3, -0.25) is 0 Å². The molecule has 1 saturated carbocycles. The molecule has 0 aliphatic heterocycles. The lowest BCUT2D eigenvalue weighted by Crippen LogP contribution is -2.31. The van der Waals surface area contributed by atoms with Gasteiger partial charge in [-0.1, -0.05) is 40.5 Å². The fraction of sp³-hybridized carbons (Fsp3) is 0.833. The van der Waals surface area contributed by atoms with Gasteiger partial charge < -0.3 is 5.32 Å². The predicted octanol–water partition coefficient (Wildman–Crippen LogP) is 5.37. The van der Waals surface area contributed by atoms with Crippen molar-refractivity contribution in [3.05, 3.63) is 15.6 Å². The number of hydrogen-bond acceptors (Lipinski definition) is 3. The van der Waals surface area contributed by atoms with Crippen LogP contribution in [0.2, 0.25) is 0 Å². The molecule has 0 spiro atoms. The van der Waals surface area contributed by atoms with Crippen LogP contribution in [0.4, 0.5) is 0 Å². The minimum absolute atomic E-state index is 0.158. The van der Waals surface area contributed by atoms with Crippen LogP contribution in [-0.4, -0.2) is 11.0 Å². The van der Waals surface area contributed by atoms with Gasteiger partial charge in [0.1, 0.15) is 0 Å². The van der Waals surface area contributed by atoms with Crippen molar-refractivity contribution in [3.8, 4) is 0 Å². The highest BCUT2D eigenvalue weighted by atomic mass is 32.1. The summed E-state index contributed by atoms with van der Waals surface area (Å²) in [6.45, 7) is 13.6. The van der Waals surface area contributed by atoms with Gasteiger partial charge in [0.2, 0.25) is 0 Å². The summed E-state index contributed by atoms with van der Waals surface area (Å²) in [4.78, 5) is 6.23. The van der Waals surface area contributed by atoms with E-state index < -0.39 is 0 Å². The van der Waals surface area contributed by atoms with Crippen molar-refractivity contribution in [3.63, 3.8) is 0 Å². The fourth-order valence-electron chi connectivity index (χ4n) is 3.21. The first kappa shape index (κ1) is 17.0. The van der Waals surface area contributed by atoms with Crippen LogP contribution in [0, 0.1) is 12.8 Å². The van der Waals surface area contributed by atoms with Crippen LogP contribution in [0.5, 0.6) is 0 Å². The highest BCUT2D eigenvalue weighted by Crippen LogP contribution is 2.33. The summed E-state index contributed by atoms with van der Waals surface area (Å²) in [6, 6.07) is 1.11. The maximum absolute atomic E-state index is 4.81. The zero-order chi connectivity index (χ0) is 15.6. The van der Waals surface area contributed by atoms with Crippen LogP contribution in [0.1, 0.15) is 88.3 Å². The summed E-state index contributed by atoms with van der Waals surface area (Å²) in [7, 11) is 0. The summed E-state index contributed by atoms with van der Waals surface area (Å²) in [5.74, 6) is 0.907. The monoisotopic (exact) mass is 308 g/mol. The number of aromatic nitrogens is 1. The van der Waals surface area contributed by atoms with E-state index in [4.69, 9.17) is 4.98 Å². The molecule has 3 unspecified atom stereocenters. The Morgan fingerprint density at radius 3 is 2.52 bits per heavy atom. The molecule has 120 valence electrons. The lowest BCUT2D eigenvalue weighted by atomic mass is 9.98. The average Bonchev–Trinajstić information content (AvgIpc) is 2.66. The summed E-state index contributed by atoms with van der Waals surface area (Å²) < 4.78 is 0. The predicted molar refractivity (Wildman–Crippen MR) is 93.1 cm³/mol. The zero-order valence-corrected chi connectivity index (χ0v) is 15.4. The SMILES string of the molecule is Cc1nc(C(C)(C)C)sc1C(C)NC1CCCC(C)CC1. The van der Waals surface area contributed by atoms with E-state index in [-0.39, 0.29) is 5.41 Å². The van der Waals surface area contributed by atoms with Crippen molar-refractivity contribution in [1.82, 2.24) is 10.3 Å².